The molecule has 0 saturated heterocycles. The van der Waals surface area contributed by atoms with Crippen molar-refractivity contribution in [3.05, 3.63) is 17.7 Å². The van der Waals surface area contributed by atoms with Crippen molar-refractivity contribution in [1.82, 2.24) is 0 Å². The van der Waals surface area contributed by atoms with E-state index in [1.165, 1.54) is 12.1 Å². The van der Waals surface area contributed by atoms with Crippen LogP contribution in [0.3, 0.4) is 0 Å². The summed E-state index contributed by atoms with van der Waals surface area (Å²) in [5.74, 6) is 0.472. The molecule has 4 nitrogen and oxygen atoms in total. The van der Waals surface area contributed by atoms with Crippen molar-refractivity contribution in [1.29, 1.82) is 0 Å². The average molecular weight is 256 g/mol. The Kier molecular flexibility index (Phi) is 2.61. The molecule has 1 aromatic carbocycles. The summed E-state index contributed by atoms with van der Waals surface area (Å²) in [5, 5.41) is 9.83. The van der Waals surface area contributed by atoms with Gasteiger partial charge in [0.2, 0.25) is 0 Å². The molecule has 1 N–H and O–H groups in total. The molecule has 0 unspecified atom stereocenters. The molecule has 1 heterocycles. The van der Waals surface area contributed by atoms with Gasteiger partial charge in [0.25, 0.3) is 0 Å². The van der Waals surface area contributed by atoms with Crippen LogP contribution in [0.2, 0.25) is 0 Å². The molecule has 0 fully saturated rings. The van der Waals surface area contributed by atoms with Gasteiger partial charge in [0.1, 0.15) is 17.1 Å². The SMILES string of the molecule is CC1(C)CCc2c(O)cc(S(C)(=O)=O)cc2O1. The molecule has 1 aliphatic rings. The number of hydrogen-bond donors (Lipinski definition) is 1. The Balaban J connectivity index is 2.57. The van der Waals surface area contributed by atoms with Crippen LogP contribution in [0, 0.1) is 0 Å². The predicted molar refractivity (Wildman–Crippen MR) is 64.2 cm³/mol. The van der Waals surface area contributed by atoms with Crippen LogP contribution in [0.4, 0.5) is 0 Å². The number of hydrogen-bond acceptors (Lipinski definition) is 4. The zero-order chi connectivity index (χ0) is 12.8. The molecular formula is C12H16O4S. The van der Waals surface area contributed by atoms with Crippen molar-refractivity contribution < 1.29 is 18.3 Å². The highest BCUT2D eigenvalue weighted by Crippen LogP contribution is 2.39. The minimum Gasteiger partial charge on any atom is -0.507 e. The van der Waals surface area contributed by atoms with Crippen LogP contribution >= 0.6 is 0 Å². The second kappa shape index (κ2) is 3.63. The van der Waals surface area contributed by atoms with Gasteiger partial charge in [-0.05, 0) is 38.8 Å². The van der Waals surface area contributed by atoms with Crippen molar-refractivity contribution in [3.63, 3.8) is 0 Å². The highest BCUT2D eigenvalue weighted by molar-refractivity contribution is 7.90. The topological polar surface area (TPSA) is 63.6 Å². The maximum absolute atomic E-state index is 11.5. The monoisotopic (exact) mass is 256 g/mol. The van der Waals surface area contributed by atoms with Gasteiger partial charge in [-0.3, -0.25) is 0 Å². The minimum absolute atomic E-state index is 0.00146. The molecule has 0 amide bonds. The molecule has 0 saturated carbocycles. The third-order valence-corrected chi connectivity index (χ3v) is 4.04. The lowest BCUT2D eigenvalue weighted by molar-refractivity contribution is 0.0833. The smallest absolute Gasteiger partial charge is 0.175 e. The highest BCUT2D eigenvalue weighted by Gasteiger charge is 2.29. The molecule has 0 radical (unpaired) electrons. The van der Waals surface area contributed by atoms with Crippen LogP contribution in [-0.2, 0) is 16.3 Å². The molecule has 0 atom stereocenters. The first-order valence-electron chi connectivity index (χ1n) is 5.44. The van der Waals surface area contributed by atoms with Crippen LogP contribution in [0.5, 0.6) is 11.5 Å². The van der Waals surface area contributed by atoms with Gasteiger partial charge in [-0.25, -0.2) is 8.42 Å². The summed E-state index contributed by atoms with van der Waals surface area (Å²) in [4.78, 5) is 0.0893. The third kappa shape index (κ3) is 2.39. The summed E-state index contributed by atoms with van der Waals surface area (Å²) >= 11 is 0. The lowest BCUT2D eigenvalue weighted by atomic mass is 9.94. The fourth-order valence-corrected chi connectivity index (χ4v) is 2.58. The Morgan fingerprint density at radius 1 is 1.35 bits per heavy atom. The number of phenols is 1. The summed E-state index contributed by atoms with van der Waals surface area (Å²) in [6.45, 7) is 3.89. The normalized spacial score (nSPS) is 18.3. The van der Waals surface area contributed by atoms with E-state index in [0.717, 1.165) is 12.7 Å². The Labute approximate surface area is 101 Å². The van der Waals surface area contributed by atoms with Crippen LogP contribution in [0.25, 0.3) is 0 Å². The number of sulfone groups is 1. The quantitative estimate of drug-likeness (QED) is 0.833. The maximum atomic E-state index is 11.5. The van der Waals surface area contributed by atoms with E-state index < -0.39 is 9.84 Å². The van der Waals surface area contributed by atoms with Gasteiger partial charge in [0, 0.05) is 11.8 Å². The van der Waals surface area contributed by atoms with E-state index in [9.17, 15) is 13.5 Å². The van der Waals surface area contributed by atoms with Gasteiger partial charge in [-0.1, -0.05) is 0 Å². The van der Waals surface area contributed by atoms with E-state index in [0.29, 0.717) is 17.7 Å². The number of aromatic hydroxyl groups is 1. The predicted octanol–water partition coefficient (Wildman–Crippen LogP) is 1.90. The largest absolute Gasteiger partial charge is 0.507 e. The van der Waals surface area contributed by atoms with Gasteiger partial charge >= 0.3 is 0 Å². The van der Waals surface area contributed by atoms with Crippen LogP contribution in [0.1, 0.15) is 25.8 Å². The van der Waals surface area contributed by atoms with Gasteiger partial charge in [-0.15, -0.1) is 0 Å². The Hall–Kier alpha value is -1.23. The summed E-state index contributed by atoms with van der Waals surface area (Å²) in [6.07, 6.45) is 2.60. The fraction of sp³-hybridized carbons (Fsp3) is 0.500. The molecule has 17 heavy (non-hydrogen) atoms. The molecule has 0 aromatic heterocycles. The van der Waals surface area contributed by atoms with E-state index in [-0.39, 0.29) is 16.2 Å². The first kappa shape index (κ1) is 12.2. The molecule has 2 rings (SSSR count). The Morgan fingerprint density at radius 3 is 2.59 bits per heavy atom. The number of benzene rings is 1. The average Bonchev–Trinajstić information content (AvgIpc) is 2.13. The molecule has 94 valence electrons. The van der Waals surface area contributed by atoms with Crippen molar-refractivity contribution in [2.45, 2.75) is 37.2 Å². The lowest BCUT2D eigenvalue weighted by Gasteiger charge is -2.33. The van der Waals surface area contributed by atoms with Crippen LogP contribution in [-0.4, -0.2) is 25.4 Å². The lowest BCUT2D eigenvalue weighted by Crippen LogP contribution is -2.32. The van der Waals surface area contributed by atoms with Crippen molar-refractivity contribution in [2.75, 3.05) is 6.26 Å². The summed E-state index contributed by atoms with van der Waals surface area (Å²) in [6, 6.07) is 2.78. The molecule has 1 aliphatic heterocycles. The van der Waals surface area contributed by atoms with Crippen LogP contribution in [0.15, 0.2) is 17.0 Å². The molecular weight excluding hydrogens is 240 g/mol. The second-order valence-electron chi connectivity index (χ2n) is 5.05. The second-order valence-corrected chi connectivity index (χ2v) is 7.07. The molecule has 1 aromatic rings. The number of ether oxygens (including phenoxy) is 1. The van der Waals surface area contributed by atoms with Gasteiger partial charge in [-0.2, -0.15) is 0 Å². The highest BCUT2D eigenvalue weighted by atomic mass is 32.2. The van der Waals surface area contributed by atoms with Gasteiger partial charge in [0.05, 0.1) is 4.90 Å². The van der Waals surface area contributed by atoms with Crippen LogP contribution < -0.4 is 4.74 Å². The van der Waals surface area contributed by atoms with E-state index in [2.05, 4.69) is 0 Å². The van der Waals surface area contributed by atoms with Crippen molar-refractivity contribution in [2.24, 2.45) is 0 Å². The van der Waals surface area contributed by atoms with E-state index in [4.69, 9.17) is 4.74 Å². The minimum atomic E-state index is -3.34. The third-order valence-electron chi connectivity index (χ3n) is 2.95. The summed E-state index contributed by atoms with van der Waals surface area (Å²) in [5.41, 5.74) is 0.368. The van der Waals surface area contributed by atoms with Crippen molar-refractivity contribution >= 4 is 9.84 Å². The fourth-order valence-electron chi connectivity index (χ4n) is 1.94. The van der Waals surface area contributed by atoms with Gasteiger partial charge in [0.15, 0.2) is 9.84 Å². The van der Waals surface area contributed by atoms with Gasteiger partial charge < -0.3 is 9.84 Å². The first-order chi connectivity index (χ1) is 7.69. The Morgan fingerprint density at radius 2 is 2.00 bits per heavy atom. The molecule has 0 spiro atoms. The molecule has 0 bridgehead atoms. The standard InChI is InChI=1S/C12H16O4S/c1-12(2)5-4-9-10(13)6-8(17(3,14)15)7-11(9)16-12/h6-7,13H,4-5H2,1-3H3. The number of fused-ring (bicyclic) bond motifs is 1. The van der Waals surface area contributed by atoms with Crippen molar-refractivity contribution in [3.8, 4) is 11.5 Å². The molecule has 0 aliphatic carbocycles. The maximum Gasteiger partial charge on any atom is 0.175 e. The van der Waals surface area contributed by atoms with E-state index in [1.54, 1.807) is 0 Å². The zero-order valence-electron chi connectivity index (χ0n) is 10.1. The zero-order valence-corrected chi connectivity index (χ0v) is 11.0. The van der Waals surface area contributed by atoms with E-state index in [1.807, 2.05) is 13.8 Å². The number of rotatable bonds is 1. The Bertz CT molecular complexity index is 558. The summed E-state index contributed by atoms with van der Waals surface area (Å²) in [7, 11) is -3.34. The first-order valence-corrected chi connectivity index (χ1v) is 7.33. The molecule has 5 heteroatoms. The summed E-state index contributed by atoms with van der Waals surface area (Å²) < 4.78 is 28.6. The number of phenolic OH excluding ortho intramolecular Hbond substituents is 1. The van der Waals surface area contributed by atoms with E-state index >= 15 is 0 Å².